The molecule has 2 fully saturated rings. The van der Waals surface area contributed by atoms with Gasteiger partial charge in [-0.25, -0.2) is 4.98 Å². The van der Waals surface area contributed by atoms with Crippen LogP contribution in [0.2, 0.25) is 0 Å². The SMILES string of the molecule is c1nc(C2CCNC2)[nH]c1C1CCCO1. The quantitative estimate of drug-likeness (QED) is 0.769. The lowest BCUT2D eigenvalue weighted by molar-refractivity contribution is 0.109. The zero-order valence-corrected chi connectivity index (χ0v) is 8.83. The number of aromatic nitrogens is 2. The molecule has 3 heterocycles. The Morgan fingerprint density at radius 3 is 3.13 bits per heavy atom. The lowest BCUT2D eigenvalue weighted by Gasteiger charge is -2.06. The summed E-state index contributed by atoms with van der Waals surface area (Å²) in [4.78, 5) is 7.89. The molecule has 0 aromatic carbocycles. The number of H-pyrrole nitrogens is 1. The Balaban J connectivity index is 1.74. The van der Waals surface area contributed by atoms with Gasteiger partial charge in [-0.15, -0.1) is 0 Å². The summed E-state index contributed by atoms with van der Waals surface area (Å²) in [7, 11) is 0. The summed E-state index contributed by atoms with van der Waals surface area (Å²) in [5.41, 5.74) is 1.16. The average Bonchev–Trinajstić information content (AvgIpc) is 3.02. The van der Waals surface area contributed by atoms with E-state index < -0.39 is 0 Å². The molecule has 2 unspecified atom stereocenters. The summed E-state index contributed by atoms with van der Waals surface area (Å²) < 4.78 is 5.63. The van der Waals surface area contributed by atoms with Crippen molar-refractivity contribution in [2.75, 3.05) is 19.7 Å². The molecule has 0 amide bonds. The van der Waals surface area contributed by atoms with Crippen molar-refractivity contribution in [3.63, 3.8) is 0 Å². The van der Waals surface area contributed by atoms with Gasteiger partial charge in [0.25, 0.3) is 0 Å². The van der Waals surface area contributed by atoms with Crippen LogP contribution < -0.4 is 5.32 Å². The fourth-order valence-corrected chi connectivity index (χ4v) is 2.43. The first-order valence-corrected chi connectivity index (χ1v) is 5.80. The fourth-order valence-electron chi connectivity index (χ4n) is 2.43. The Morgan fingerprint density at radius 2 is 2.40 bits per heavy atom. The monoisotopic (exact) mass is 207 g/mol. The third kappa shape index (κ3) is 1.79. The largest absolute Gasteiger partial charge is 0.372 e. The topological polar surface area (TPSA) is 49.9 Å². The number of nitrogens with zero attached hydrogens (tertiary/aromatic N) is 1. The Labute approximate surface area is 89.4 Å². The fraction of sp³-hybridized carbons (Fsp3) is 0.727. The molecule has 0 aliphatic carbocycles. The summed E-state index contributed by atoms with van der Waals surface area (Å²) in [6, 6.07) is 0. The lowest BCUT2D eigenvalue weighted by Crippen LogP contribution is -2.09. The normalized spacial score (nSPS) is 31.2. The molecule has 0 saturated carbocycles. The van der Waals surface area contributed by atoms with Crippen LogP contribution in [0.4, 0.5) is 0 Å². The Bertz CT molecular complexity index is 294. The minimum Gasteiger partial charge on any atom is -0.372 e. The highest BCUT2D eigenvalue weighted by molar-refractivity contribution is 5.10. The molecular formula is C11H17N3O. The first-order valence-electron chi connectivity index (χ1n) is 5.80. The number of imidazole rings is 1. The highest BCUT2D eigenvalue weighted by Crippen LogP contribution is 2.28. The summed E-state index contributed by atoms with van der Waals surface area (Å²) in [5.74, 6) is 1.70. The maximum absolute atomic E-state index is 5.63. The molecule has 1 aromatic rings. The van der Waals surface area contributed by atoms with Crippen LogP contribution >= 0.6 is 0 Å². The van der Waals surface area contributed by atoms with E-state index in [0.717, 1.165) is 37.6 Å². The van der Waals surface area contributed by atoms with Gasteiger partial charge in [-0.1, -0.05) is 0 Å². The molecule has 2 saturated heterocycles. The predicted molar refractivity (Wildman–Crippen MR) is 56.7 cm³/mol. The van der Waals surface area contributed by atoms with Crippen LogP contribution in [-0.4, -0.2) is 29.7 Å². The van der Waals surface area contributed by atoms with Crippen LogP contribution in [0.25, 0.3) is 0 Å². The smallest absolute Gasteiger partial charge is 0.110 e. The minimum absolute atomic E-state index is 0.264. The number of aromatic amines is 1. The zero-order chi connectivity index (χ0) is 10.1. The molecule has 2 atom stereocenters. The third-order valence-electron chi connectivity index (χ3n) is 3.34. The molecule has 4 nitrogen and oxygen atoms in total. The van der Waals surface area contributed by atoms with E-state index in [1.807, 2.05) is 6.20 Å². The Hall–Kier alpha value is -0.870. The summed E-state index contributed by atoms with van der Waals surface area (Å²) in [6.45, 7) is 3.06. The maximum Gasteiger partial charge on any atom is 0.110 e. The van der Waals surface area contributed by atoms with Crippen LogP contribution in [-0.2, 0) is 4.74 Å². The van der Waals surface area contributed by atoms with E-state index in [4.69, 9.17) is 4.74 Å². The van der Waals surface area contributed by atoms with Crippen LogP contribution in [0.1, 0.15) is 42.8 Å². The molecule has 82 valence electrons. The molecule has 4 heteroatoms. The standard InChI is InChI=1S/C11H17N3O/c1-2-10(15-5-1)9-7-13-11(14-9)8-3-4-12-6-8/h7-8,10,12H,1-6H2,(H,13,14). The third-order valence-corrected chi connectivity index (χ3v) is 3.34. The minimum atomic E-state index is 0.264. The molecule has 1 aromatic heterocycles. The van der Waals surface area contributed by atoms with Gasteiger partial charge in [-0.3, -0.25) is 0 Å². The molecule has 2 aliphatic heterocycles. The first-order chi connectivity index (χ1) is 7.43. The van der Waals surface area contributed by atoms with Crippen molar-refractivity contribution in [2.45, 2.75) is 31.3 Å². The van der Waals surface area contributed by atoms with Crippen LogP contribution in [0.5, 0.6) is 0 Å². The number of hydrogen-bond acceptors (Lipinski definition) is 3. The van der Waals surface area contributed by atoms with Gasteiger partial charge in [0.05, 0.1) is 18.0 Å². The van der Waals surface area contributed by atoms with Gasteiger partial charge in [-0.2, -0.15) is 0 Å². The molecule has 2 N–H and O–H groups in total. The van der Waals surface area contributed by atoms with Crippen molar-refractivity contribution in [1.82, 2.24) is 15.3 Å². The first kappa shape index (κ1) is 9.36. The Kier molecular flexibility index (Phi) is 2.46. The number of hydrogen-bond donors (Lipinski definition) is 2. The highest BCUT2D eigenvalue weighted by Gasteiger charge is 2.23. The Morgan fingerprint density at radius 1 is 1.40 bits per heavy atom. The molecular weight excluding hydrogens is 190 g/mol. The van der Waals surface area contributed by atoms with Gasteiger partial charge < -0.3 is 15.0 Å². The zero-order valence-electron chi connectivity index (χ0n) is 8.83. The number of rotatable bonds is 2. The molecule has 3 rings (SSSR count). The summed E-state index contributed by atoms with van der Waals surface area (Å²) >= 11 is 0. The lowest BCUT2D eigenvalue weighted by atomic mass is 10.1. The van der Waals surface area contributed by atoms with Gasteiger partial charge in [0.2, 0.25) is 0 Å². The predicted octanol–water partition coefficient (Wildman–Crippen LogP) is 1.34. The van der Waals surface area contributed by atoms with Gasteiger partial charge in [-0.05, 0) is 25.8 Å². The number of nitrogens with one attached hydrogen (secondary N) is 2. The second-order valence-electron chi connectivity index (χ2n) is 4.42. The van der Waals surface area contributed by atoms with Crippen molar-refractivity contribution in [2.24, 2.45) is 0 Å². The number of ether oxygens (including phenoxy) is 1. The molecule has 0 radical (unpaired) electrons. The van der Waals surface area contributed by atoms with E-state index in [0.29, 0.717) is 5.92 Å². The second-order valence-corrected chi connectivity index (χ2v) is 4.42. The van der Waals surface area contributed by atoms with E-state index >= 15 is 0 Å². The van der Waals surface area contributed by atoms with Crippen molar-refractivity contribution in [3.8, 4) is 0 Å². The average molecular weight is 207 g/mol. The van der Waals surface area contributed by atoms with E-state index in [2.05, 4.69) is 15.3 Å². The van der Waals surface area contributed by atoms with Crippen LogP contribution in [0.15, 0.2) is 6.20 Å². The molecule has 0 bridgehead atoms. The highest BCUT2D eigenvalue weighted by atomic mass is 16.5. The molecule has 2 aliphatic rings. The van der Waals surface area contributed by atoms with Gasteiger partial charge in [0.15, 0.2) is 0 Å². The molecule has 0 spiro atoms. The van der Waals surface area contributed by atoms with E-state index in [9.17, 15) is 0 Å². The van der Waals surface area contributed by atoms with Crippen molar-refractivity contribution < 1.29 is 4.74 Å². The van der Waals surface area contributed by atoms with Crippen molar-refractivity contribution in [1.29, 1.82) is 0 Å². The van der Waals surface area contributed by atoms with Crippen LogP contribution in [0, 0.1) is 0 Å². The van der Waals surface area contributed by atoms with Crippen molar-refractivity contribution >= 4 is 0 Å². The van der Waals surface area contributed by atoms with Gasteiger partial charge in [0, 0.05) is 19.1 Å². The summed E-state index contributed by atoms with van der Waals surface area (Å²) in [5, 5.41) is 3.36. The second kappa shape index (κ2) is 3.94. The van der Waals surface area contributed by atoms with E-state index in [1.165, 1.54) is 12.8 Å². The maximum atomic E-state index is 5.63. The van der Waals surface area contributed by atoms with Gasteiger partial charge >= 0.3 is 0 Å². The van der Waals surface area contributed by atoms with Gasteiger partial charge in [0.1, 0.15) is 5.82 Å². The van der Waals surface area contributed by atoms with E-state index in [-0.39, 0.29) is 6.10 Å². The van der Waals surface area contributed by atoms with Crippen molar-refractivity contribution in [3.05, 3.63) is 17.7 Å². The van der Waals surface area contributed by atoms with Crippen LogP contribution in [0.3, 0.4) is 0 Å². The molecule has 15 heavy (non-hydrogen) atoms. The van der Waals surface area contributed by atoms with E-state index in [1.54, 1.807) is 0 Å². The summed E-state index contributed by atoms with van der Waals surface area (Å²) in [6.07, 6.45) is 5.71.